The van der Waals surface area contributed by atoms with Crippen molar-refractivity contribution in [2.75, 3.05) is 24.2 Å². The molecule has 150 valence electrons. The Bertz CT molecular complexity index is 956. The van der Waals surface area contributed by atoms with Gasteiger partial charge >= 0.3 is 0 Å². The average molecular weight is 405 g/mol. The number of amides is 1. The normalized spacial score (nSPS) is 11.4. The number of nitrogens with one attached hydrogen (secondary N) is 1. The van der Waals surface area contributed by atoms with E-state index in [-0.39, 0.29) is 11.5 Å². The third kappa shape index (κ3) is 5.71. The molecule has 2 aromatic rings. The molecule has 1 amide bonds. The first kappa shape index (κ1) is 21.2. The number of aryl methyl sites for hydroxylation is 1. The quantitative estimate of drug-likeness (QED) is 0.515. The second-order valence-corrected chi connectivity index (χ2v) is 7.92. The summed E-state index contributed by atoms with van der Waals surface area (Å²) in [7, 11) is -2.23. The van der Waals surface area contributed by atoms with Crippen molar-refractivity contribution in [2.24, 2.45) is 5.10 Å². The number of nitrogens with zero attached hydrogens (tertiary/aromatic N) is 2. The lowest BCUT2D eigenvalue weighted by Gasteiger charge is -2.21. The standard InChI is InChI=1S/C19H23N3O5S/c1-4-14-5-8-16(9-6-14)22(28(3,25)26)13-19(24)21-20-12-15-7-10-17(23)18(11-15)27-2/h5-12,23H,4,13H2,1-3H3,(H,21,24)/b20-12-. The van der Waals surface area contributed by atoms with Crippen molar-refractivity contribution in [3.05, 3.63) is 53.6 Å². The molecule has 9 heteroatoms. The van der Waals surface area contributed by atoms with Crippen LogP contribution < -0.4 is 14.5 Å². The Morgan fingerprint density at radius 3 is 2.50 bits per heavy atom. The maximum absolute atomic E-state index is 12.2. The zero-order chi connectivity index (χ0) is 20.7. The number of ether oxygens (including phenoxy) is 1. The number of phenolic OH excluding ortho intramolecular Hbond substituents is 1. The maximum Gasteiger partial charge on any atom is 0.260 e. The van der Waals surface area contributed by atoms with Gasteiger partial charge in [0.1, 0.15) is 6.54 Å². The van der Waals surface area contributed by atoms with Gasteiger partial charge in [-0.25, -0.2) is 13.8 Å². The number of sulfonamides is 1. The molecular weight excluding hydrogens is 382 g/mol. The summed E-state index contributed by atoms with van der Waals surface area (Å²) in [6, 6.07) is 11.5. The van der Waals surface area contributed by atoms with Gasteiger partial charge in [0.2, 0.25) is 10.0 Å². The lowest BCUT2D eigenvalue weighted by atomic mass is 10.1. The first-order chi connectivity index (χ1) is 13.2. The molecule has 0 aliphatic rings. The van der Waals surface area contributed by atoms with Crippen molar-refractivity contribution in [3.8, 4) is 11.5 Å². The predicted octanol–water partition coefficient (Wildman–Crippen LogP) is 1.88. The Labute approximate surface area is 164 Å². The Balaban J connectivity index is 2.07. The summed E-state index contributed by atoms with van der Waals surface area (Å²) >= 11 is 0. The van der Waals surface area contributed by atoms with Gasteiger partial charge in [0.05, 0.1) is 25.3 Å². The zero-order valence-electron chi connectivity index (χ0n) is 15.9. The molecular formula is C19H23N3O5S. The summed E-state index contributed by atoms with van der Waals surface area (Å²) < 4.78 is 30.2. The topological polar surface area (TPSA) is 108 Å². The molecule has 0 saturated carbocycles. The molecule has 8 nitrogen and oxygen atoms in total. The van der Waals surface area contributed by atoms with Gasteiger partial charge in [0, 0.05) is 0 Å². The third-order valence-electron chi connectivity index (χ3n) is 3.93. The van der Waals surface area contributed by atoms with E-state index >= 15 is 0 Å². The molecule has 0 bridgehead atoms. The van der Waals surface area contributed by atoms with Crippen LogP contribution in [0, 0.1) is 0 Å². The minimum Gasteiger partial charge on any atom is -0.504 e. The molecule has 0 heterocycles. The van der Waals surface area contributed by atoms with Gasteiger partial charge < -0.3 is 9.84 Å². The third-order valence-corrected chi connectivity index (χ3v) is 5.07. The van der Waals surface area contributed by atoms with Gasteiger partial charge in [-0.05, 0) is 47.9 Å². The SMILES string of the molecule is CCc1ccc(N(CC(=O)N/N=C\c2ccc(O)c(OC)c2)S(C)(=O)=O)cc1. The molecule has 0 aromatic heterocycles. The largest absolute Gasteiger partial charge is 0.504 e. The summed E-state index contributed by atoms with van der Waals surface area (Å²) in [5.41, 5.74) is 4.36. The summed E-state index contributed by atoms with van der Waals surface area (Å²) in [6.07, 6.45) is 3.23. The fourth-order valence-electron chi connectivity index (χ4n) is 2.42. The monoisotopic (exact) mass is 405 g/mol. The van der Waals surface area contributed by atoms with Gasteiger partial charge in [0.25, 0.3) is 5.91 Å². The Morgan fingerprint density at radius 1 is 1.25 bits per heavy atom. The molecule has 2 aromatic carbocycles. The van der Waals surface area contributed by atoms with E-state index in [0.717, 1.165) is 22.5 Å². The summed E-state index contributed by atoms with van der Waals surface area (Å²) in [6.45, 7) is 1.60. The number of phenols is 1. The number of carbonyl (C=O) groups excluding carboxylic acids is 1. The number of hydrogen-bond acceptors (Lipinski definition) is 6. The number of benzene rings is 2. The van der Waals surface area contributed by atoms with E-state index in [1.807, 2.05) is 19.1 Å². The molecule has 0 aliphatic heterocycles. The van der Waals surface area contributed by atoms with Crippen LogP contribution in [0.2, 0.25) is 0 Å². The first-order valence-corrected chi connectivity index (χ1v) is 10.3. The van der Waals surface area contributed by atoms with Crippen LogP contribution in [0.5, 0.6) is 11.5 Å². The van der Waals surface area contributed by atoms with Crippen LogP contribution in [0.25, 0.3) is 0 Å². The van der Waals surface area contributed by atoms with Crippen LogP contribution in [0.1, 0.15) is 18.1 Å². The number of anilines is 1. The van der Waals surface area contributed by atoms with Crippen LogP contribution >= 0.6 is 0 Å². The van der Waals surface area contributed by atoms with Crippen molar-refractivity contribution in [3.63, 3.8) is 0 Å². The van der Waals surface area contributed by atoms with Gasteiger partial charge in [-0.3, -0.25) is 9.10 Å². The minimum absolute atomic E-state index is 0.0124. The average Bonchev–Trinajstić information content (AvgIpc) is 2.66. The van der Waals surface area contributed by atoms with Crippen molar-refractivity contribution in [1.82, 2.24) is 5.43 Å². The van der Waals surface area contributed by atoms with E-state index in [9.17, 15) is 18.3 Å². The van der Waals surface area contributed by atoms with E-state index in [1.165, 1.54) is 19.4 Å². The maximum atomic E-state index is 12.2. The smallest absolute Gasteiger partial charge is 0.260 e. The highest BCUT2D eigenvalue weighted by Gasteiger charge is 2.20. The molecule has 0 saturated heterocycles. The molecule has 0 aliphatic carbocycles. The molecule has 0 fully saturated rings. The molecule has 2 rings (SSSR count). The van der Waals surface area contributed by atoms with Crippen molar-refractivity contribution >= 4 is 27.8 Å². The lowest BCUT2D eigenvalue weighted by Crippen LogP contribution is -2.39. The molecule has 28 heavy (non-hydrogen) atoms. The Hall–Kier alpha value is -3.07. The summed E-state index contributed by atoms with van der Waals surface area (Å²) in [4.78, 5) is 12.2. The van der Waals surface area contributed by atoms with Gasteiger partial charge in [0.15, 0.2) is 11.5 Å². The predicted molar refractivity (Wildman–Crippen MR) is 108 cm³/mol. The first-order valence-electron chi connectivity index (χ1n) is 8.50. The summed E-state index contributed by atoms with van der Waals surface area (Å²) in [5, 5.41) is 13.4. The summed E-state index contributed by atoms with van der Waals surface area (Å²) in [5.74, 6) is -0.331. The molecule has 2 N–H and O–H groups in total. The zero-order valence-corrected chi connectivity index (χ0v) is 16.7. The van der Waals surface area contributed by atoms with Crippen molar-refractivity contribution in [2.45, 2.75) is 13.3 Å². The highest BCUT2D eigenvalue weighted by Crippen LogP contribution is 2.25. The minimum atomic E-state index is -3.65. The van der Waals surface area contributed by atoms with E-state index in [1.54, 1.807) is 24.3 Å². The number of hydrogen-bond donors (Lipinski definition) is 2. The fourth-order valence-corrected chi connectivity index (χ4v) is 3.27. The van der Waals surface area contributed by atoms with E-state index in [0.29, 0.717) is 11.3 Å². The Kier molecular flexibility index (Phi) is 7.00. The van der Waals surface area contributed by atoms with Gasteiger partial charge in [-0.1, -0.05) is 19.1 Å². The fraction of sp³-hybridized carbons (Fsp3) is 0.263. The highest BCUT2D eigenvalue weighted by molar-refractivity contribution is 7.92. The molecule has 0 spiro atoms. The van der Waals surface area contributed by atoms with Gasteiger partial charge in [-0.15, -0.1) is 0 Å². The van der Waals surface area contributed by atoms with E-state index in [4.69, 9.17) is 4.74 Å². The number of hydrazone groups is 1. The number of aromatic hydroxyl groups is 1. The van der Waals surface area contributed by atoms with Gasteiger partial charge in [-0.2, -0.15) is 5.10 Å². The molecule has 0 radical (unpaired) electrons. The van der Waals surface area contributed by atoms with E-state index < -0.39 is 22.5 Å². The Morgan fingerprint density at radius 2 is 1.93 bits per heavy atom. The van der Waals surface area contributed by atoms with E-state index in [2.05, 4.69) is 10.5 Å². The highest BCUT2D eigenvalue weighted by atomic mass is 32.2. The van der Waals surface area contributed by atoms with Crippen LogP contribution in [0.15, 0.2) is 47.6 Å². The molecule has 0 atom stereocenters. The second-order valence-electron chi connectivity index (χ2n) is 6.01. The van der Waals surface area contributed by atoms with Crippen molar-refractivity contribution < 1.29 is 23.1 Å². The van der Waals surface area contributed by atoms with Crippen LogP contribution in [0.4, 0.5) is 5.69 Å². The van der Waals surface area contributed by atoms with Crippen LogP contribution in [-0.2, 0) is 21.2 Å². The van der Waals surface area contributed by atoms with Crippen molar-refractivity contribution in [1.29, 1.82) is 0 Å². The second kappa shape index (κ2) is 9.23. The molecule has 0 unspecified atom stereocenters. The van der Waals surface area contributed by atoms with Crippen LogP contribution in [0.3, 0.4) is 0 Å². The number of carbonyl (C=O) groups is 1. The lowest BCUT2D eigenvalue weighted by molar-refractivity contribution is -0.119. The van der Waals surface area contributed by atoms with Crippen LogP contribution in [-0.4, -0.2) is 45.6 Å². The number of rotatable bonds is 8. The number of methoxy groups -OCH3 is 1.